The lowest BCUT2D eigenvalue weighted by Crippen LogP contribution is -2.15. The van der Waals surface area contributed by atoms with Crippen LogP contribution in [-0.4, -0.2) is 6.04 Å². The Bertz CT molecular complexity index is 516. The van der Waals surface area contributed by atoms with Crippen LogP contribution >= 0.6 is 0 Å². The third-order valence-corrected chi connectivity index (χ3v) is 3.58. The number of hydrogen-bond acceptors (Lipinski definition) is 1. The second-order valence-electron chi connectivity index (χ2n) is 5.93. The Kier molecular flexibility index (Phi) is 4.84. The summed E-state index contributed by atoms with van der Waals surface area (Å²) in [6.45, 7) is 6.86. The van der Waals surface area contributed by atoms with Crippen molar-refractivity contribution in [3.05, 3.63) is 42.5 Å². The van der Waals surface area contributed by atoms with Crippen LogP contribution in [-0.2, 0) is 0 Å². The van der Waals surface area contributed by atoms with Crippen LogP contribution < -0.4 is 5.32 Å². The van der Waals surface area contributed by atoms with Crippen LogP contribution in [0, 0.1) is 5.92 Å². The fraction of sp³-hybridized carbons (Fsp3) is 0.444. The van der Waals surface area contributed by atoms with Crippen LogP contribution in [0.5, 0.6) is 0 Å². The highest BCUT2D eigenvalue weighted by molar-refractivity contribution is 5.85. The van der Waals surface area contributed by atoms with E-state index in [9.17, 15) is 0 Å². The summed E-state index contributed by atoms with van der Waals surface area (Å²) in [5.41, 5.74) is 1.23. The quantitative estimate of drug-likeness (QED) is 0.722. The lowest BCUT2D eigenvalue weighted by Gasteiger charge is -2.16. The van der Waals surface area contributed by atoms with Crippen molar-refractivity contribution < 1.29 is 0 Å². The first kappa shape index (κ1) is 13.9. The minimum atomic E-state index is 0.542. The molecule has 102 valence electrons. The van der Waals surface area contributed by atoms with E-state index in [0.29, 0.717) is 6.04 Å². The summed E-state index contributed by atoms with van der Waals surface area (Å²) in [4.78, 5) is 0. The average Bonchev–Trinajstić information content (AvgIpc) is 2.38. The molecule has 0 fully saturated rings. The average molecular weight is 255 g/mol. The highest BCUT2D eigenvalue weighted by atomic mass is 14.9. The van der Waals surface area contributed by atoms with E-state index in [1.165, 1.54) is 35.7 Å². The summed E-state index contributed by atoms with van der Waals surface area (Å²) in [5, 5.41) is 6.22. The highest BCUT2D eigenvalue weighted by Crippen LogP contribution is 2.20. The molecule has 0 aliphatic carbocycles. The summed E-state index contributed by atoms with van der Waals surface area (Å²) >= 11 is 0. The first-order valence-electron chi connectivity index (χ1n) is 7.40. The fourth-order valence-corrected chi connectivity index (χ4v) is 2.47. The zero-order valence-electron chi connectivity index (χ0n) is 12.3. The maximum atomic E-state index is 3.61. The van der Waals surface area contributed by atoms with Crippen molar-refractivity contribution >= 4 is 16.5 Å². The second kappa shape index (κ2) is 6.60. The van der Waals surface area contributed by atoms with Gasteiger partial charge in [-0.1, -0.05) is 57.0 Å². The van der Waals surface area contributed by atoms with Crippen molar-refractivity contribution in [1.82, 2.24) is 0 Å². The van der Waals surface area contributed by atoms with Gasteiger partial charge in [-0.2, -0.15) is 0 Å². The Morgan fingerprint density at radius 3 is 2.37 bits per heavy atom. The van der Waals surface area contributed by atoms with Gasteiger partial charge in [0.2, 0.25) is 0 Å². The van der Waals surface area contributed by atoms with Gasteiger partial charge in [-0.3, -0.25) is 0 Å². The van der Waals surface area contributed by atoms with Crippen LogP contribution in [0.4, 0.5) is 5.69 Å². The van der Waals surface area contributed by atoms with Gasteiger partial charge in [-0.05, 0) is 42.2 Å². The van der Waals surface area contributed by atoms with Gasteiger partial charge in [0.15, 0.2) is 0 Å². The van der Waals surface area contributed by atoms with Crippen molar-refractivity contribution in [3.8, 4) is 0 Å². The van der Waals surface area contributed by atoms with E-state index in [2.05, 4.69) is 68.6 Å². The van der Waals surface area contributed by atoms with Gasteiger partial charge in [-0.25, -0.2) is 0 Å². The minimum Gasteiger partial charge on any atom is -0.383 e. The summed E-state index contributed by atoms with van der Waals surface area (Å²) in [5.74, 6) is 0.813. The molecule has 2 aromatic rings. The Labute approximate surface area is 117 Å². The van der Waals surface area contributed by atoms with E-state index in [1.54, 1.807) is 0 Å². The zero-order chi connectivity index (χ0) is 13.7. The Morgan fingerprint density at radius 1 is 0.895 bits per heavy atom. The summed E-state index contributed by atoms with van der Waals surface area (Å²) < 4.78 is 0. The molecule has 0 radical (unpaired) electrons. The van der Waals surface area contributed by atoms with Gasteiger partial charge in [0, 0.05) is 11.7 Å². The second-order valence-corrected chi connectivity index (χ2v) is 5.93. The standard InChI is InChI=1S/C18H25N/c1-14(2)7-6-8-15(3)19-18-12-11-16-9-4-5-10-17(16)13-18/h4-5,9-15,19H,6-8H2,1-3H3. The van der Waals surface area contributed by atoms with Crippen molar-refractivity contribution in [1.29, 1.82) is 0 Å². The molecule has 1 N–H and O–H groups in total. The van der Waals surface area contributed by atoms with Gasteiger partial charge < -0.3 is 5.32 Å². The van der Waals surface area contributed by atoms with Crippen LogP contribution in [0.25, 0.3) is 10.8 Å². The predicted octanol–water partition coefficient (Wildman–Crippen LogP) is 5.47. The number of anilines is 1. The highest BCUT2D eigenvalue weighted by Gasteiger charge is 2.03. The van der Waals surface area contributed by atoms with Gasteiger partial charge in [0.1, 0.15) is 0 Å². The molecular formula is C18H25N. The first-order valence-corrected chi connectivity index (χ1v) is 7.40. The molecule has 0 aromatic heterocycles. The van der Waals surface area contributed by atoms with E-state index in [4.69, 9.17) is 0 Å². The molecule has 2 rings (SSSR count). The van der Waals surface area contributed by atoms with Crippen LogP contribution in [0.15, 0.2) is 42.5 Å². The molecule has 0 amide bonds. The minimum absolute atomic E-state index is 0.542. The van der Waals surface area contributed by atoms with Crippen molar-refractivity contribution in [2.45, 2.75) is 46.1 Å². The SMILES string of the molecule is CC(C)CCCC(C)Nc1ccc2ccccc2c1. The maximum absolute atomic E-state index is 3.61. The fourth-order valence-electron chi connectivity index (χ4n) is 2.47. The summed E-state index contributed by atoms with van der Waals surface area (Å²) in [6, 6.07) is 15.7. The van der Waals surface area contributed by atoms with E-state index in [0.717, 1.165) is 5.92 Å². The molecule has 1 atom stereocenters. The maximum Gasteiger partial charge on any atom is 0.0348 e. The topological polar surface area (TPSA) is 12.0 Å². The molecule has 0 bridgehead atoms. The number of rotatable bonds is 6. The van der Waals surface area contributed by atoms with Gasteiger partial charge in [0.05, 0.1) is 0 Å². The van der Waals surface area contributed by atoms with E-state index < -0.39 is 0 Å². The molecule has 0 saturated heterocycles. The number of hydrogen-bond donors (Lipinski definition) is 1. The molecule has 1 nitrogen and oxygen atoms in total. The smallest absolute Gasteiger partial charge is 0.0348 e. The lowest BCUT2D eigenvalue weighted by molar-refractivity contribution is 0.520. The van der Waals surface area contributed by atoms with Crippen LogP contribution in [0.2, 0.25) is 0 Å². The van der Waals surface area contributed by atoms with Crippen molar-refractivity contribution in [3.63, 3.8) is 0 Å². The molecular weight excluding hydrogens is 230 g/mol. The van der Waals surface area contributed by atoms with Gasteiger partial charge >= 0.3 is 0 Å². The molecule has 1 heteroatoms. The Hall–Kier alpha value is -1.50. The predicted molar refractivity (Wildman–Crippen MR) is 85.7 cm³/mol. The number of benzene rings is 2. The van der Waals surface area contributed by atoms with Crippen molar-refractivity contribution in [2.24, 2.45) is 5.92 Å². The molecule has 0 saturated carbocycles. The van der Waals surface area contributed by atoms with Crippen LogP contribution in [0.3, 0.4) is 0 Å². The lowest BCUT2D eigenvalue weighted by atomic mass is 10.0. The molecule has 0 aliphatic rings. The monoisotopic (exact) mass is 255 g/mol. The summed E-state index contributed by atoms with van der Waals surface area (Å²) in [7, 11) is 0. The molecule has 0 spiro atoms. The molecule has 0 aliphatic heterocycles. The van der Waals surface area contributed by atoms with E-state index in [1.807, 2.05) is 0 Å². The zero-order valence-corrected chi connectivity index (χ0v) is 12.3. The molecule has 1 unspecified atom stereocenters. The number of nitrogens with one attached hydrogen (secondary N) is 1. The summed E-state index contributed by atoms with van der Waals surface area (Å²) in [6.07, 6.45) is 3.87. The van der Waals surface area contributed by atoms with Crippen molar-refractivity contribution in [2.75, 3.05) is 5.32 Å². The van der Waals surface area contributed by atoms with E-state index in [-0.39, 0.29) is 0 Å². The first-order chi connectivity index (χ1) is 9.15. The normalized spacial score (nSPS) is 12.8. The van der Waals surface area contributed by atoms with E-state index >= 15 is 0 Å². The molecule has 0 heterocycles. The third kappa shape index (κ3) is 4.27. The Morgan fingerprint density at radius 2 is 1.63 bits per heavy atom. The van der Waals surface area contributed by atoms with Crippen LogP contribution in [0.1, 0.15) is 40.0 Å². The largest absolute Gasteiger partial charge is 0.383 e. The molecule has 2 aromatic carbocycles. The van der Waals surface area contributed by atoms with Gasteiger partial charge in [0.25, 0.3) is 0 Å². The van der Waals surface area contributed by atoms with Gasteiger partial charge in [-0.15, -0.1) is 0 Å². The molecule has 19 heavy (non-hydrogen) atoms. The third-order valence-electron chi connectivity index (χ3n) is 3.58. The Balaban J connectivity index is 1.93. The number of fused-ring (bicyclic) bond motifs is 1.